The summed E-state index contributed by atoms with van der Waals surface area (Å²) in [6.45, 7) is 0. The highest BCUT2D eigenvalue weighted by Gasteiger charge is 2.35. The normalized spacial score (nSPS) is 12.6. The van der Waals surface area contributed by atoms with Crippen LogP contribution in [0, 0.1) is 0 Å². The monoisotopic (exact) mass is 448 g/mol. The van der Waals surface area contributed by atoms with Crippen LogP contribution in [0.1, 0.15) is 11.3 Å². The average Bonchev–Trinajstić information content (AvgIpc) is 2.67. The van der Waals surface area contributed by atoms with Gasteiger partial charge in [0.25, 0.3) is 0 Å². The maximum atomic E-state index is 13.0. The smallest absolute Gasteiger partial charge is 0.376 e. The molecule has 0 radical (unpaired) electrons. The second-order valence-corrected chi connectivity index (χ2v) is 7.41. The van der Waals surface area contributed by atoms with E-state index in [2.05, 4.69) is 10.2 Å². The molecule has 0 unspecified atom stereocenters. The van der Waals surface area contributed by atoms with E-state index >= 15 is 0 Å². The summed E-state index contributed by atoms with van der Waals surface area (Å²) < 4.78 is 107. The summed E-state index contributed by atoms with van der Waals surface area (Å²) in [6.07, 6.45) is -9.63. The zero-order chi connectivity index (χ0) is 22.2. The van der Waals surface area contributed by atoms with Crippen molar-refractivity contribution in [3.63, 3.8) is 0 Å². The van der Waals surface area contributed by atoms with Crippen LogP contribution >= 0.6 is 0 Å². The van der Waals surface area contributed by atoms with E-state index in [0.717, 1.165) is 0 Å². The zero-order valence-corrected chi connectivity index (χ0v) is 15.4. The fourth-order valence-corrected chi connectivity index (χ4v) is 3.28. The van der Waals surface area contributed by atoms with Crippen LogP contribution in [0.5, 0.6) is 5.75 Å². The Morgan fingerprint density at radius 2 is 1.37 bits per heavy atom. The van der Waals surface area contributed by atoms with Gasteiger partial charge in [0.2, 0.25) is 0 Å². The second kappa shape index (κ2) is 7.59. The summed E-state index contributed by atoms with van der Waals surface area (Å²) in [5, 5.41) is 6.48. The first-order chi connectivity index (χ1) is 13.9. The van der Waals surface area contributed by atoms with Crippen LogP contribution in [0.3, 0.4) is 0 Å². The van der Waals surface area contributed by atoms with E-state index in [1.165, 1.54) is 24.3 Å². The maximum Gasteiger partial charge on any atom is 0.435 e. The number of halogens is 6. The number of nitrogens with zero attached hydrogens (tertiary/aromatic N) is 2. The molecule has 158 valence electrons. The number of hydrogen-bond acceptors (Lipinski definition) is 5. The van der Waals surface area contributed by atoms with Gasteiger partial charge in [0.1, 0.15) is 10.6 Å². The lowest BCUT2D eigenvalue weighted by Gasteiger charge is -2.13. The molecular weight excluding hydrogens is 438 g/mol. The van der Waals surface area contributed by atoms with Gasteiger partial charge in [-0.2, -0.15) is 34.8 Å². The van der Waals surface area contributed by atoms with Crippen LogP contribution < -0.4 is 4.18 Å². The summed E-state index contributed by atoms with van der Waals surface area (Å²) in [4.78, 5) is -0.681. The van der Waals surface area contributed by atoms with Gasteiger partial charge in [-0.1, -0.05) is 30.3 Å². The second-order valence-electron chi connectivity index (χ2n) is 5.87. The van der Waals surface area contributed by atoms with Crippen molar-refractivity contribution in [1.29, 1.82) is 0 Å². The molecule has 0 aliphatic carbocycles. The predicted octanol–water partition coefficient (Wildman–Crippen LogP) is 4.95. The van der Waals surface area contributed by atoms with Gasteiger partial charge in [0.05, 0.1) is 5.56 Å². The Bertz CT molecular complexity index is 1150. The van der Waals surface area contributed by atoms with E-state index in [9.17, 15) is 34.8 Å². The Labute approximate surface area is 166 Å². The molecule has 0 aliphatic rings. The fourth-order valence-electron chi connectivity index (χ4n) is 2.35. The fraction of sp³-hybridized carbons (Fsp3) is 0.111. The summed E-state index contributed by atoms with van der Waals surface area (Å²) in [5.74, 6) is -0.775. The Balaban J connectivity index is 2.05. The average molecular weight is 448 g/mol. The van der Waals surface area contributed by atoms with Crippen LogP contribution in [0.25, 0.3) is 11.3 Å². The molecule has 3 aromatic rings. The van der Waals surface area contributed by atoms with Crippen LogP contribution in [-0.4, -0.2) is 18.6 Å². The van der Waals surface area contributed by atoms with Crippen LogP contribution in [0.4, 0.5) is 26.3 Å². The van der Waals surface area contributed by atoms with E-state index < -0.39 is 44.4 Å². The van der Waals surface area contributed by atoms with E-state index in [0.29, 0.717) is 30.3 Å². The number of benzene rings is 2. The molecule has 0 fully saturated rings. The summed E-state index contributed by atoms with van der Waals surface area (Å²) in [7, 11) is -4.77. The molecule has 0 saturated carbocycles. The van der Waals surface area contributed by atoms with Gasteiger partial charge in [-0.05, 0) is 24.3 Å². The topological polar surface area (TPSA) is 69.2 Å². The summed E-state index contributed by atoms with van der Waals surface area (Å²) in [6, 6.07) is 10.2. The molecule has 12 heteroatoms. The van der Waals surface area contributed by atoms with Crippen molar-refractivity contribution in [2.75, 3.05) is 0 Å². The molecule has 0 aliphatic heterocycles. The highest BCUT2D eigenvalue weighted by Crippen LogP contribution is 2.36. The van der Waals surface area contributed by atoms with Crippen LogP contribution in [0.2, 0.25) is 0 Å². The SMILES string of the molecule is O=S(=O)(Oc1cc(C(F)(F)F)nnc1-c1ccccc1)c1ccc(C(F)(F)F)cc1. The highest BCUT2D eigenvalue weighted by atomic mass is 32.2. The number of aromatic nitrogens is 2. The van der Waals surface area contributed by atoms with Crippen molar-refractivity contribution < 1.29 is 38.9 Å². The van der Waals surface area contributed by atoms with Gasteiger partial charge in [-0.15, -0.1) is 10.2 Å². The quantitative estimate of drug-likeness (QED) is 0.417. The zero-order valence-electron chi connectivity index (χ0n) is 14.6. The minimum Gasteiger partial charge on any atom is -0.376 e. The van der Waals surface area contributed by atoms with Gasteiger partial charge in [0.15, 0.2) is 11.4 Å². The number of alkyl halides is 6. The van der Waals surface area contributed by atoms with E-state index in [4.69, 9.17) is 4.18 Å². The molecule has 1 heterocycles. The van der Waals surface area contributed by atoms with Crippen molar-refractivity contribution in [3.05, 3.63) is 71.9 Å². The largest absolute Gasteiger partial charge is 0.435 e. The summed E-state index contributed by atoms with van der Waals surface area (Å²) in [5.41, 5.74) is -2.67. The van der Waals surface area contributed by atoms with E-state index in [-0.39, 0.29) is 11.3 Å². The first-order valence-corrected chi connectivity index (χ1v) is 9.41. The van der Waals surface area contributed by atoms with Crippen molar-refractivity contribution in [2.45, 2.75) is 17.2 Å². The van der Waals surface area contributed by atoms with Gasteiger partial charge >= 0.3 is 22.5 Å². The first-order valence-electron chi connectivity index (χ1n) is 8.00. The standard InChI is InChI=1S/C18H10F6N2O3S/c19-17(20,21)12-6-8-13(9-7-12)30(27,28)29-14-10-15(18(22,23)24)25-26-16(14)11-4-2-1-3-5-11/h1-10H. The minimum absolute atomic E-state index is 0.219. The predicted molar refractivity (Wildman–Crippen MR) is 91.7 cm³/mol. The van der Waals surface area contributed by atoms with Crippen molar-refractivity contribution in [2.24, 2.45) is 0 Å². The van der Waals surface area contributed by atoms with Gasteiger partial charge in [-0.3, -0.25) is 0 Å². The highest BCUT2D eigenvalue weighted by molar-refractivity contribution is 7.87. The van der Waals surface area contributed by atoms with Crippen molar-refractivity contribution in [1.82, 2.24) is 10.2 Å². The number of rotatable bonds is 4. The van der Waals surface area contributed by atoms with Gasteiger partial charge in [-0.25, -0.2) is 0 Å². The van der Waals surface area contributed by atoms with Gasteiger partial charge < -0.3 is 4.18 Å². The lowest BCUT2D eigenvalue weighted by atomic mass is 10.1. The molecule has 0 saturated heterocycles. The Hall–Kier alpha value is -3.15. The molecule has 2 aromatic carbocycles. The van der Waals surface area contributed by atoms with E-state index in [1.807, 2.05) is 0 Å². The van der Waals surface area contributed by atoms with Gasteiger partial charge in [0, 0.05) is 11.6 Å². The van der Waals surface area contributed by atoms with Crippen molar-refractivity contribution >= 4 is 10.1 Å². The molecule has 0 bridgehead atoms. The lowest BCUT2D eigenvalue weighted by Crippen LogP contribution is -2.15. The molecule has 30 heavy (non-hydrogen) atoms. The molecule has 3 rings (SSSR count). The molecule has 0 spiro atoms. The molecule has 5 nitrogen and oxygen atoms in total. The van der Waals surface area contributed by atoms with Crippen LogP contribution in [-0.2, 0) is 22.5 Å². The lowest BCUT2D eigenvalue weighted by molar-refractivity contribution is -0.142. The third kappa shape index (κ3) is 4.70. The molecule has 0 N–H and O–H groups in total. The molecule has 1 aromatic heterocycles. The minimum atomic E-state index is -4.93. The van der Waals surface area contributed by atoms with Crippen molar-refractivity contribution in [3.8, 4) is 17.0 Å². The Kier molecular flexibility index (Phi) is 5.46. The summed E-state index contributed by atoms with van der Waals surface area (Å²) >= 11 is 0. The molecular formula is C18H10F6N2O3S. The first kappa shape index (κ1) is 21.6. The third-order valence-electron chi connectivity index (χ3n) is 3.77. The molecule has 0 atom stereocenters. The molecule has 0 amide bonds. The third-order valence-corrected chi connectivity index (χ3v) is 5.01. The van der Waals surface area contributed by atoms with E-state index in [1.54, 1.807) is 6.07 Å². The van der Waals surface area contributed by atoms with Crippen LogP contribution in [0.15, 0.2) is 65.6 Å². The number of hydrogen-bond donors (Lipinski definition) is 0. The Morgan fingerprint density at radius 3 is 1.90 bits per heavy atom. The maximum absolute atomic E-state index is 13.0. The Morgan fingerprint density at radius 1 is 0.767 bits per heavy atom.